The van der Waals surface area contributed by atoms with Crippen LogP contribution >= 0.6 is 0 Å². The molecule has 0 aromatic heterocycles. The highest BCUT2D eigenvalue weighted by atomic mass is 16.1. The van der Waals surface area contributed by atoms with Gasteiger partial charge in [-0.15, -0.1) is 0 Å². The minimum Gasteiger partial charge on any atom is -0.352 e. The molecule has 0 spiro atoms. The van der Waals surface area contributed by atoms with Gasteiger partial charge >= 0.3 is 0 Å². The summed E-state index contributed by atoms with van der Waals surface area (Å²) in [6.45, 7) is 2.06. The average Bonchev–Trinajstić information content (AvgIpc) is 2.59. The number of rotatable bonds is 3. The van der Waals surface area contributed by atoms with Crippen LogP contribution in [0.15, 0.2) is 0 Å². The van der Waals surface area contributed by atoms with E-state index in [1.807, 2.05) is 0 Å². The zero-order valence-corrected chi connectivity index (χ0v) is 10.8. The summed E-state index contributed by atoms with van der Waals surface area (Å²) in [5.74, 6) is 0.930. The number of carbonyl (C=O) groups is 1. The van der Waals surface area contributed by atoms with Crippen LogP contribution in [0, 0.1) is 5.92 Å². The van der Waals surface area contributed by atoms with Gasteiger partial charge in [-0.3, -0.25) is 4.79 Å². The Labute approximate surface area is 105 Å². The van der Waals surface area contributed by atoms with Crippen LogP contribution < -0.4 is 10.6 Å². The van der Waals surface area contributed by atoms with Gasteiger partial charge in [-0.2, -0.15) is 0 Å². The molecule has 2 fully saturated rings. The largest absolute Gasteiger partial charge is 0.352 e. The van der Waals surface area contributed by atoms with Crippen molar-refractivity contribution in [1.29, 1.82) is 0 Å². The highest BCUT2D eigenvalue weighted by Crippen LogP contribution is 2.25. The van der Waals surface area contributed by atoms with Crippen LogP contribution in [0.2, 0.25) is 0 Å². The summed E-state index contributed by atoms with van der Waals surface area (Å²) in [5, 5.41) is 6.52. The zero-order chi connectivity index (χ0) is 11.9. The van der Waals surface area contributed by atoms with Gasteiger partial charge in [-0.05, 0) is 38.1 Å². The number of piperidine rings is 1. The number of carbonyl (C=O) groups excluding carboxylic acids is 1. The SMILES string of the molecule is O=C(CC1CCCCCC1)NC1CCCNC1. The smallest absolute Gasteiger partial charge is 0.220 e. The molecule has 3 nitrogen and oxygen atoms in total. The van der Waals surface area contributed by atoms with E-state index in [1.165, 1.54) is 44.9 Å². The van der Waals surface area contributed by atoms with Gasteiger partial charge in [0.15, 0.2) is 0 Å². The lowest BCUT2D eigenvalue weighted by Crippen LogP contribution is -2.45. The molecule has 1 atom stereocenters. The molecule has 1 saturated carbocycles. The van der Waals surface area contributed by atoms with Gasteiger partial charge in [0.05, 0.1) is 0 Å². The lowest BCUT2D eigenvalue weighted by atomic mass is 9.96. The first-order valence-corrected chi connectivity index (χ1v) is 7.34. The van der Waals surface area contributed by atoms with E-state index in [0.717, 1.165) is 25.9 Å². The second-order valence-corrected chi connectivity index (χ2v) is 5.67. The van der Waals surface area contributed by atoms with Crippen molar-refractivity contribution in [3.05, 3.63) is 0 Å². The van der Waals surface area contributed by atoms with Crippen molar-refractivity contribution < 1.29 is 4.79 Å². The quantitative estimate of drug-likeness (QED) is 0.740. The third-order valence-electron chi connectivity index (χ3n) is 4.11. The minimum absolute atomic E-state index is 0.283. The summed E-state index contributed by atoms with van der Waals surface area (Å²) in [6.07, 6.45) is 11.0. The van der Waals surface area contributed by atoms with Gasteiger partial charge in [-0.25, -0.2) is 0 Å². The van der Waals surface area contributed by atoms with Crippen molar-refractivity contribution in [2.45, 2.75) is 63.8 Å². The summed E-state index contributed by atoms with van der Waals surface area (Å²) in [5.41, 5.74) is 0. The van der Waals surface area contributed by atoms with Crippen LogP contribution in [-0.2, 0) is 4.79 Å². The molecule has 0 bridgehead atoms. The molecule has 1 heterocycles. The summed E-state index contributed by atoms with van der Waals surface area (Å²) in [6, 6.07) is 0.377. The predicted molar refractivity (Wildman–Crippen MR) is 69.8 cm³/mol. The highest BCUT2D eigenvalue weighted by molar-refractivity contribution is 5.76. The summed E-state index contributed by atoms with van der Waals surface area (Å²) < 4.78 is 0. The van der Waals surface area contributed by atoms with E-state index in [9.17, 15) is 4.79 Å². The van der Waals surface area contributed by atoms with Gasteiger partial charge in [0.2, 0.25) is 5.91 Å². The normalized spacial score (nSPS) is 27.4. The zero-order valence-electron chi connectivity index (χ0n) is 10.8. The molecule has 2 N–H and O–H groups in total. The van der Waals surface area contributed by atoms with Crippen LogP contribution in [-0.4, -0.2) is 25.0 Å². The molecule has 0 aromatic rings. The van der Waals surface area contributed by atoms with Crippen molar-refractivity contribution in [3.8, 4) is 0 Å². The maximum Gasteiger partial charge on any atom is 0.220 e. The van der Waals surface area contributed by atoms with Gasteiger partial charge in [0, 0.05) is 19.0 Å². The molecule has 0 radical (unpaired) electrons. The van der Waals surface area contributed by atoms with Gasteiger partial charge < -0.3 is 10.6 Å². The van der Waals surface area contributed by atoms with E-state index in [-0.39, 0.29) is 5.91 Å². The topological polar surface area (TPSA) is 41.1 Å². The lowest BCUT2D eigenvalue weighted by molar-refractivity contribution is -0.122. The van der Waals surface area contributed by atoms with E-state index < -0.39 is 0 Å². The Hall–Kier alpha value is -0.570. The molecule has 1 saturated heterocycles. The molecule has 98 valence electrons. The standard InChI is InChI=1S/C14H26N2O/c17-14(16-13-8-5-9-15-11-13)10-12-6-3-1-2-4-7-12/h12-13,15H,1-11H2,(H,16,17). The van der Waals surface area contributed by atoms with Gasteiger partial charge in [0.1, 0.15) is 0 Å². The van der Waals surface area contributed by atoms with Gasteiger partial charge in [-0.1, -0.05) is 25.7 Å². The highest BCUT2D eigenvalue weighted by Gasteiger charge is 2.19. The number of hydrogen-bond donors (Lipinski definition) is 2. The predicted octanol–water partition coefficient (Wildman–Crippen LogP) is 2.22. The number of amides is 1. The molecule has 0 aromatic carbocycles. The summed E-state index contributed by atoms with van der Waals surface area (Å²) in [7, 11) is 0. The van der Waals surface area contributed by atoms with E-state index in [4.69, 9.17) is 0 Å². The Morgan fingerprint density at radius 3 is 2.47 bits per heavy atom. The van der Waals surface area contributed by atoms with Crippen molar-refractivity contribution >= 4 is 5.91 Å². The third kappa shape index (κ3) is 4.66. The van der Waals surface area contributed by atoms with E-state index in [1.54, 1.807) is 0 Å². The number of hydrogen-bond acceptors (Lipinski definition) is 2. The minimum atomic E-state index is 0.283. The molecule has 1 aliphatic carbocycles. The molecule has 1 amide bonds. The second-order valence-electron chi connectivity index (χ2n) is 5.67. The maximum absolute atomic E-state index is 12.0. The first-order chi connectivity index (χ1) is 8.34. The Morgan fingerprint density at radius 2 is 1.82 bits per heavy atom. The first kappa shape index (κ1) is 12.9. The maximum atomic E-state index is 12.0. The van der Waals surface area contributed by atoms with E-state index in [2.05, 4.69) is 10.6 Å². The monoisotopic (exact) mass is 238 g/mol. The fourth-order valence-electron chi connectivity index (χ4n) is 3.09. The Balaban J connectivity index is 1.68. The molecule has 1 unspecified atom stereocenters. The molecule has 3 heteroatoms. The first-order valence-electron chi connectivity index (χ1n) is 7.34. The Bertz CT molecular complexity index is 228. The third-order valence-corrected chi connectivity index (χ3v) is 4.11. The van der Waals surface area contributed by atoms with E-state index in [0.29, 0.717) is 12.0 Å². The van der Waals surface area contributed by atoms with Gasteiger partial charge in [0.25, 0.3) is 0 Å². The fourth-order valence-corrected chi connectivity index (χ4v) is 3.09. The van der Waals surface area contributed by atoms with E-state index >= 15 is 0 Å². The summed E-state index contributed by atoms with van der Waals surface area (Å²) in [4.78, 5) is 12.0. The van der Waals surface area contributed by atoms with Crippen molar-refractivity contribution in [2.24, 2.45) is 5.92 Å². The number of nitrogens with one attached hydrogen (secondary N) is 2. The van der Waals surface area contributed by atoms with Crippen molar-refractivity contribution in [3.63, 3.8) is 0 Å². The molecule has 2 aliphatic rings. The molecular weight excluding hydrogens is 212 g/mol. The fraction of sp³-hybridized carbons (Fsp3) is 0.929. The van der Waals surface area contributed by atoms with Crippen LogP contribution in [0.25, 0.3) is 0 Å². The summed E-state index contributed by atoms with van der Waals surface area (Å²) >= 11 is 0. The van der Waals surface area contributed by atoms with Crippen LogP contribution in [0.3, 0.4) is 0 Å². The average molecular weight is 238 g/mol. The van der Waals surface area contributed by atoms with Crippen LogP contribution in [0.5, 0.6) is 0 Å². The van der Waals surface area contributed by atoms with Crippen molar-refractivity contribution in [1.82, 2.24) is 10.6 Å². The van der Waals surface area contributed by atoms with Crippen LogP contribution in [0.1, 0.15) is 57.8 Å². The van der Waals surface area contributed by atoms with Crippen LogP contribution in [0.4, 0.5) is 0 Å². The molecule has 1 aliphatic heterocycles. The van der Waals surface area contributed by atoms with Crippen molar-refractivity contribution in [2.75, 3.05) is 13.1 Å². The molecule has 17 heavy (non-hydrogen) atoms. The molecular formula is C14H26N2O. The Kier molecular flexibility index (Phi) is 5.30. The molecule has 2 rings (SSSR count). The second kappa shape index (κ2) is 7.00. The Morgan fingerprint density at radius 1 is 1.06 bits per heavy atom. The lowest BCUT2D eigenvalue weighted by Gasteiger charge is -2.24.